The van der Waals surface area contributed by atoms with Crippen LogP contribution in [-0.4, -0.2) is 33.0 Å². The molecule has 96 valence electrons. The fourth-order valence-electron chi connectivity index (χ4n) is 1.61. The Kier molecular flexibility index (Phi) is 6.11. The van der Waals surface area contributed by atoms with Crippen LogP contribution in [0.3, 0.4) is 0 Å². The molecule has 0 spiro atoms. The van der Waals surface area contributed by atoms with Crippen LogP contribution in [0.15, 0.2) is 18.2 Å². The molecule has 4 heteroatoms. The summed E-state index contributed by atoms with van der Waals surface area (Å²) in [5.41, 5.74) is 7.93. The van der Waals surface area contributed by atoms with E-state index in [9.17, 15) is 4.39 Å². The van der Waals surface area contributed by atoms with Gasteiger partial charge < -0.3 is 15.2 Å². The molecular formula is C13H20FNO2. The Morgan fingerprint density at radius 3 is 2.76 bits per heavy atom. The Labute approximate surface area is 102 Å². The second-order valence-corrected chi connectivity index (χ2v) is 4.10. The van der Waals surface area contributed by atoms with Crippen molar-refractivity contribution in [1.82, 2.24) is 0 Å². The van der Waals surface area contributed by atoms with Gasteiger partial charge in [-0.05, 0) is 36.6 Å². The molecule has 0 saturated carbocycles. The Morgan fingerprint density at radius 2 is 2.12 bits per heavy atom. The predicted octanol–water partition coefficient (Wildman–Crippen LogP) is 1.67. The van der Waals surface area contributed by atoms with Crippen LogP contribution in [0.2, 0.25) is 0 Å². The number of ether oxygens (including phenoxy) is 2. The first-order valence-corrected chi connectivity index (χ1v) is 5.70. The van der Waals surface area contributed by atoms with Crippen molar-refractivity contribution in [3.63, 3.8) is 0 Å². The van der Waals surface area contributed by atoms with Crippen molar-refractivity contribution < 1.29 is 13.9 Å². The zero-order chi connectivity index (χ0) is 12.7. The van der Waals surface area contributed by atoms with E-state index in [4.69, 9.17) is 15.2 Å². The first-order valence-electron chi connectivity index (χ1n) is 5.70. The molecule has 1 atom stereocenters. The van der Waals surface area contributed by atoms with E-state index >= 15 is 0 Å². The molecule has 0 aliphatic rings. The van der Waals surface area contributed by atoms with Gasteiger partial charge in [-0.15, -0.1) is 0 Å². The van der Waals surface area contributed by atoms with Gasteiger partial charge in [0.05, 0.1) is 19.8 Å². The van der Waals surface area contributed by atoms with Gasteiger partial charge in [-0.3, -0.25) is 0 Å². The molecule has 1 rings (SSSR count). The van der Waals surface area contributed by atoms with Gasteiger partial charge in [-0.25, -0.2) is 4.39 Å². The molecule has 0 aromatic heterocycles. The summed E-state index contributed by atoms with van der Waals surface area (Å²) < 4.78 is 23.1. The minimum Gasteiger partial charge on any atom is -0.382 e. The molecule has 0 bridgehead atoms. The number of nitrogens with two attached hydrogens (primary N) is 1. The molecule has 1 aromatic rings. The third kappa shape index (κ3) is 5.26. The summed E-state index contributed by atoms with van der Waals surface area (Å²) in [6.07, 6.45) is 0.694. The van der Waals surface area contributed by atoms with Gasteiger partial charge in [0.2, 0.25) is 0 Å². The number of rotatable bonds is 7. The second-order valence-electron chi connectivity index (χ2n) is 4.10. The predicted molar refractivity (Wildman–Crippen MR) is 65.5 cm³/mol. The molecule has 17 heavy (non-hydrogen) atoms. The summed E-state index contributed by atoms with van der Waals surface area (Å²) in [5, 5.41) is 0. The van der Waals surface area contributed by atoms with E-state index in [0.717, 1.165) is 11.1 Å². The van der Waals surface area contributed by atoms with Crippen molar-refractivity contribution in [1.29, 1.82) is 0 Å². The van der Waals surface area contributed by atoms with E-state index in [1.165, 1.54) is 12.1 Å². The number of aryl methyl sites for hydroxylation is 1. The first-order chi connectivity index (χ1) is 8.13. The van der Waals surface area contributed by atoms with Crippen LogP contribution in [0.4, 0.5) is 4.39 Å². The van der Waals surface area contributed by atoms with Crippen molar-refractivity contribution in [2.45, 2.75) is 19.4 Å². The fraction of sp³-hybridized carbons (Fsp3) is 0.538. The Hall–Kier alpha value is -0.970. The SMILES string of the molecule is COCCOCC(N)Cc1ccc(F)cc1C. The molecule has 1 aromatic carbocycles. The first kappa shape index (κ1) is 14.1. The summed E-state index contributed by atoms with van der Waals surface area (Å²) in [5.74, 6) is -0.212. The van der Waals surface area contributed by atoms with Crippen LogP contribution in [0.25, 0.3) is 0 Å². The Bertz CT molecular complexity index is 344. The van der Waals surface area contributed by atoms with Crippen LogP contribution in [-0.2, 0) is 15.9 Å². The molecule has 0 heterocycles. The monoisotopic (exact) mass is 241 g/mol. The van der Waals surface area contributed by atoms with Gasteiger partial charge in [-0.1, -0.05) is 6.07 Å². The average molecular weight is 241 g/mol. The summed E-state index contributed by atoms with van der Waals surface area (Å²) in [6.45, 7) is 3.49. The number of hydrogen-bond acceptors (Lipinski definition) is 3. The zero-order valence-electron chi connectivity index (χ0n) is 10.4. The van der Waals surface area contributed by atoms with Gasteiger partial charge >= 0.3 is 0 Å². The van der Waals surface area contributed by atoms with Gasteiger partial charge in [0.1, 0.15) is 5.82 Å². The van der Waals surface area contributed by atoms with Crippen molar-refractivity contribution in [3.8, 4) is 0 Å². The maximum absolute atomic E-state index is 12.9. The van der Waals surface area contributed by atoms with E-state index in [1.807, 2.05) is 6.92 Å². The average Bonchev–Trinajstić information content (AvgIpc) is 2.28. The summed E-state index contributed by atoms with van der Waals surface area (Å²) in [7, 11) is 1.63. The third-order valence-corrected chi connectivity index (χ3v) is 2.55. The lowest BCUT2D eigenvalue weighted by Crippen LogP contribution is -2.29. The summed E-state index contributed by atoms with van der Waals surface area (Å²) in [4.78, 5) is 0. The van der Waals surface area contributed by atoms with E-state index in [2.05, 4.69) is 0 Å². The Morgan fingerprint density at radius 1 is 1.35 bits per heavy atom. The standard InChI is InChI=1S/C13H20FNO2/c1-10-7-12(14)4-3-11(10)8-13(15)9-17-6-5-16-2/h3-4,7,13H,5-6,8-9,15H2,1-2H3. The molecule has 2 N–H and O–H groups in total. The van der Waals surface area contributed by atoms with E-state index < -0.39 is 0 Å². The van der Waals surface area contributed by atoms with E-state index in [-0.39, 0.29) is 11.9 Å². The van der Waals surface area contributed by atoms with Gasteiger partial charge in [0.25, 0.3) is 0 Å². The molecule has 0 saturated heterocycles. The summed E-state index contributed by atoms with van der Waals surface area (Å²) in [6, 6.07) is 4.69. The van der Waals surface area contributed by atoms with Gasteiger partial charge in [0, 0.05) is 13.2 Å². The minimum atomic E-state index is -0.212. The largest absolute Gasteiger partial charge is 0.382 e. The maximum atomic E-state index is 12.9. The lowest BCUT2D eigenvalue weighted by Gasteiger charge is -2.13. The molecule has 1 unspecified atom stereocenters. The Balaban J connectivity index is 2.37. The van der Waals surface area contributed by atoms with Crippen molar-refractivity contribution in [3.05, 3.63) is 35.1 Å². The number of hydrogen-bond donors (Lipinski definition) is 1. The normalized spacial score (nSPS) is 12.7. The van der Waals surface area contributed by atoms with Crippen LogP contribution in [0.1, 0.15) is 11.1 Å². The summed E-state index contributed by atoms with van der Waals surface area (Å²) >= 11 is 0. The maximum Gasteiger partial charge on any atom is 0.123 e. The number of halogens is 1. The van der Waals surface area contributed by atoms with E-state index in [0.29, 0.717) is 26.2 Å². The molecular weight excluding hydrogens is 221 g/mol. The molecule has 0 radical (unpaired) electrons. The fourth-order valence-corrected chi connectivity index (χ4v) is 1.61. The minimum absolute atomic E-state index is 0.0731. The molecule has 0 amide bonds. The quantitative estimate of drug-likeness (QED) is 0.738. The molecule has 0 fully saturated rings. The zero-order valence-corrected chi connectivity index (χ0v) is 10.4. The van der Waals surface area contributed by atoms with Gasteiger partial charge in [-0.2, -0.15) is 0 Å². The number of benzene rings is 1. The highest BCUT2D eigenvalue weighted by Crippen LogP contribution is 2.11. The second kappa shape index (κ2) is 7.37. The third-order valence-electron chi connectivity index (χ3n) is 2.55. The number of methoxy groups -OCH3 is 1. The van der Waals surface area contributed by atoms with Gasteiger partial charge in [0.15, 0.2) is 0 Å². The lowest BCUT2D eigenvalue weighted by atomic mass is 10.0. The molecule has 3 nitrogen and oxygen atoms in total. The van der Waals surface area contributed by atoms with Crippen LogP contribution in [0, 0.1) is 12.7 Å². The topological polar surface area (TPSA) is 44.5 Å². The molecule has 0 aliphatic carbocycles. The highest BCUT2D eigenvalue weighted by molar-refractivity contribution is 5.27. The van der Waals surface area contributed by atoms with E-state index in [1.54, 1.807) is 13.2 Å². The van der Waals surface area contributed by atoms with Crippen LogP contribution >= 0.6 is 0 Å². The van der Waals surface area contributed by atoms with Crippen LogP contribution in [0.5, 0.6) is 0 Å². The smallest absolute Gasteiger partial charge is 0.123 e. The van der Waals surface area contributed by atoms with Crippen molar-refractivity contribution in [2.75, 3.05) is 26.9 Å². The van der Waals surface area contributed by atoms with Crippen molar-refractivity contribution >= 4 is 0 Å². The van der Waals surface area contributed by atoms with Crippen molar-refractivity contribution in [2.24, 2.45) is 5.73 Å². The van der Waals surface area contributed by atoms with Crippen LogP contribution < -0.4 is 5.73 Å². The highest BCUT2D eigenvalue weighted by atomic mass is 19.1. The molecule has 0 aliphatic heterocycles. The highest BCUT2D eigenvalue weighted by Gasteiger charge is 2.07. The lowest BCUT2D eigenvalue weighted by molar-refractivity contribution is 0.0637.